The summed E-state index contributed by atoms with van der Waals surface area (Å²) < 4.78 is 11.0. The minimum Gasteiger partial charge on any atom is -0.479 e. The standard InChI is InChI=1S/C34H46N2O3/c1-4-6-8-9-10-11-12-13-14-15-28-16-18-30(19-17-28)33-35-25-31(26-36-33)29-20-22-32(23-21-29)39-27(3)34(37)38-24-7-5-2/h16-23,25-27H,4-15,24H2,1-3H3. The van der Waals surface area contributed by atoms with Crippen LogP contribution in [0.4, 0.5) is 0 Å². The molecule has 3 aromatic rings. The number of ether oxygens (including phenoxy) is 2. The zero-order chi connectivity index (χ0) is 27.7. The van der Waals surface area contributed by atoms with E-state index >= 15 is 0 Å². The quantitative estimate of drug-likeness (QED) is 0.121. The zero-order valence-corrected chi connectivity index (χ0v) is 24.2. The van der Waals surface area contributed by atoms with Gasteiger partial charge in [-0.3, -0.25) is 0 Å². The van der Waals surface area contributed by atoms with Crippen molar-refractivity contribution < 1.29 is 14.3 Å². The molecule has 1 heterocycles. The average Bonchev–Trinajstić information content (AvgIpc) is 2.97. The van der Waals surface area contributed by atoms with Gasteiger partial charge in [0.25, 0.3) is 0 Å². The number of carbonyl (C=O) groups is 1. The Bertz CT molecular complexity index is 1080. The van der Waals surface area contributed by atoms with Gasteiger partial charge in [0, 0.05) is 23.5 Å². The Kier molecular flexibility index (Phi) is 13.5. The average molecular weight is 531 g/mol. The number of carbonyl (C=O) groups excluding carboxylic acids is 1. The molecule has 5 nitrogen and oxygen atoms in total. The number of unbranched alkanes of at least 4 members (excludes halogenated alkanes) is 9. The lowest BCUT2D eigenvalue weighted by molar-refractivity contribution is -0.151. The highest BCUT2D eigenvalue weighted by Crippen LogP contribution is 2.24. The fourth-order valence-electron chi connectivity index (χ4n) is 4.50. The largest absolute Gasteiger partial charge is 0.479 e. The second kappa shape index (κ2) is 17.4. The van der Waals surface area contributed by atoms with Gasteiger partial charge in [-0.15, -0.1) is 0 Å². The van der Waals surface area contributed by atoms with Crippen LogP contribution in [-0.2, 0) is 16.0 Å². The van der Waals surface area contributed by atoms with Crippen molar-refractivity contribution in [3.63, 3.8) is 0 Å². The summed E-state index contributed by atoms with van der Waals surface area (Å²) in [6, 6.07) is 16.3. The summed E-state index contributed by atoms with van der Waals surface area (Å²) in [5, 5.41) is 0. The molecule has 0 aliphatic rings. The second-order valence-electron chi connectivity index (χ2n) is 10.4. The number of aromatic nitrogens is 2. The van der Waals surface area contributed by atoms with Crippen molar-refractivity contribution in [2.45, 2.75) is 104 Å². The highest BCUT2D eigenvalue weighted by molar-refractivity contribution is 5.74. The third kappa shape index (κ3) is 10.8. The minimum absolute atomic E-state index is 0.340. The molecule has 2 aromatic carbocycles. The Hall–Kier alpha value is -3.21. The summed E-state index contributed by atoms with van der Waals surface area (Å²) in [4.78, 5) is 21.2. The maximum absolute atomic E-state index is 12.0. The van der Waals surface area contributed by atoms with Crippen LogP contribution < -0.4 is 4.74 Å². The number of rotatable bonds is 18. The summed E-state index contributed by atoms with van der Waals surface area (Å²) in [6.07, 6.45) is 18.2. The van der Waals surface area contributed by atoms with Gasteiger partial charge in [-0.25, -0.2) is 14.8 Å². The third-order valence-electron chi connectivity index (χ3n) is 7.01. The van der Waals surface area contributed by atoms with E-state index in [9.17, 15) is 4.79 Å². The lowest BCUT2D eigenvalue weighted by atomic mass is 10.0. The van der Waals surface area contributed by atoms with Gasteiger partial charge in [0.1, 0.15) is 5.75 Å². The molecule has 0 N–H and O–H groups in total. The Morgan fingerprint density at radius 1 is 0.692 bits per heavy atom. The lowest BCUT2D eigenvalue weighted by Gasteiger charge is -2.14. The van der Waals surface area contributed by atoms with E-state index in [-0.39, 0.29) is 5.97 Å². The molecule has 0 saturated heterocycles. The maximum atomic E-state index is 12.0. The Morgan fingerprint density at radius 3 is 1.87 bits per heavy atom. The highest BCUT2D eigenvalue weighted by Gasteiger charge is 2.16. The molecule has 3 rings (SSSR count). The van der Waals surface area contributed by atoms with Crippen LogP contribution in [0, 0.1) is 0 Å². The zero-order valence-electron chi connectivity index (χ0n) is 24.2. The molecular formula is C34H46N2O3. The van der Waals surface area contributed by atoms with Crippen molar-refractivity contribution in [3.05, 3.63) is 66.5 Å². The topological polar surface area (TPSA) is 61.3 Å². The molecular weight excluding hydrogens is 484 g/mol. The molecule has 1 unspecified atom stereocenters. The van der Waals surface area contributed by atoms with Gasteiger partial charge in [-0.2, -0.15) is 0 Å². The number of benzene rings is 2. The van der Waals surface area contributed by atoms with E-state index in [1.165, 1.54) is 63.4 Å². The van der Waals surface area contributed by atoms with Gasteiger partial charge in [-0.1, -0.05) is 108 Å². The molecule has 210 valence electrons. The van der Waals surface area contributed by atoms with Gasteiger partial charge in [0.15, 0.2) is 11.9 Å². The van der Waals surface area contributed by atoms with Crippen molar-refractivity contribution in [2.24, 2.45) is 0 Å². The van der Waals surface area contributed by atoms with Crippen molar-refractivity contribution in [1.82, 2.24) is 9.97 Å². The predicted molar refractivity (Wildman–Crippen MR) is 160 cm³/mol. The van der Waals surface area contributed by atoms with Crippen LogP contribution in [0.1, 0.15) is 97.0 Å². The first-order valence-electron chi connectivity index (χ1n) is 15.0. The molecule has 0 fully saturated rings. The van der Waals surface area contributed by atoms with Crippen molar-refractivity contribution in [1.29, 1.82) is 0 Å². The van der Waals surface area contributed by atoms with Crippen molar-refractivity contribution in [3.8, 4) is 28.3 Å². The van der Waals surface area contributed by atoms with Crippen molar-refractivity contribution in [2.75, 3.05) is 6.61 Å². The second-order valence-corrected chi connectivity index (χ2v) is 10.4. The first kappa shape index (κ1) is 30.3. The molecule has 0 spiro atoms. The summed E-state index contributed by atoms with van der Waals surface area (Å²) in [5.74, 6) is 1.01. The summed E-state index contributed by atoms with van der Waals surface area (Å²) in [6.45, 7) is 6.47. The lowest BCUT2D eigenvalue weighted by Crippen LogP contribution is -2.26. The molecule has 0 radical (unpaired) electrons. The SMILES string of the molecule is CCCCCCCCCCCc1ccc(-c2ncc(-c3ccc(OC(C)C(=O)OCCCC)cc3)cn2)cc1. The van der Waals surface area contributed by atoms with E-state index in [1.54, 1.807) is 6.92 Å². The molecule has 0 aliphatic heterocycles. The number of nitrogens with zero attached hydrogens (tertiary/aromatic N) is 2. The van der Waals surface area contributed by atoms with Gasteiger partial charge >= 0.3 is 5.97 Å². The van der Waals surface area contributed by atoms with Gasteiger partial charge < -0.3 is 9.47 Å². The molecule has 0 saturated carbocycles. The van der Waals surface area contributed by atoms with E-state index in [4.69, 9.17) is 9.47 Å². The Labute approximate surface area is 235 Å². The Balaban J connectivity index is 1.43. The predicted octanol–water partition coefficient (Wildman–Crippen LogP) is 8.99. The van der Waals surface area contributed by atoms with E-state index < -0.39 is 6.10 Å². The van der Waals surface area contributed by atoms with Crippen LogP contribution in [0.15, 0.2) is 60.9 Å². The molecule has 5 heteroatoms. The molecule has 1 atom stereocenters. The number of esters is 1. The van der Waals surface area contributed by atoms with Gasteiger partial charge in [0.05, 0.1) is 6.61 Å². The van der Waals surface area contributed by atoms with Crippen LogP contribution in [0.5, 0.6) is 5.75 Å². The molecule has 0 bridgehead atoms. The van der Waals surface area contributed by atoms with Crippen LogP contribution >= 0.6 is 0 Å². The van der Waals surface area contributed by atoms with Crippen LogP contribution in [-0.4, -0.2) is 28.6 Å². The summed E-state index contributed by atoms with van der Waals surface area (Å²) >= 11 is 0. The number of aryl methyl sites for hydroxylation is 1. The van der Waals surface area contributed by atoms with E-state index in [2.05, 4.69) is 48.1 Å². The van der Waals surface area contributed by atoms with Gasteiger partial charge in [-0.05, 0) is 49.4 Å². The summed E-state index contributed by atoms with van der Waals surface area (Å²) in [7, 11) is 0. The highest BCUT2D eigenvalue weighted by atomic mass is 16.6. The number of hydrogen-bond donors (Lipinski definition) is 0. The van der Waals surface area contributed by atoms with Gasteiger partial charge in [0.2, 0.25) is 0 Å². The van der Waals surface area contributed by atoms with Crippen LogP contribution in [0.2, 0.25) is 0 Å². The van der Waals surface area contributed by atoms with E-state index in [1.807, 2.05) is 36.7 Å². The monoisotopic (exact) mass is 530 g/mol. The normalized spacial score (nSPS) is 11.8. The smallest absolute Gasteiger partial charge is 0.347 e. The molecule has 1 aromatic heterocycles. The van der Waals surface area contributed by atoms with E-state index in [0.717, 1.165) is 41.8 Å². The minimum atomic E-state index is -0.646. The van der Waals surface area contributed by atoms with Crippen LogP contribution in [0.3, 0.4) is 0 Å². The number of hydrogen-bond acceptors (Lipinski definition) is 5. The van der Waals surface area contributed by atoms with E-state index in [0.29, 0.717) is 12.4 Å². The first-order valence-corrected chi connectivity index (χ1v) is 15.0. The molecule has 0 aliphatic carbocycles. The van der Waals surface area contributed by atoms with Crippen molar-refractivity contribution >= 4 is 5.97 Å². The first-order chi connectivity index (χ1) is 19.1. The fourth-order valence-corrected chi connectivity index (χ4v) is 4.50. The fraction of sp³-hybridized carbons (Fsp3) is 0.500. The summed E-state index contributed by atoms with van der Waals surface area (Å²) in [5.41, 5.74) is 4.33. The third-order valence-corrected chi connectivity index (χ3v) is 7.01. The molecule has 39 heavy (non-hydrogen) atoms. The Morgan fingerprint density at radius 2 is 1.26 bits per heavy atom. The molecule has 0 amide bonds. The van der Waals surface area contributed by atoms with Crippen LogP contribution in [0.25, 0.3) is 22.5 Å². The maximum Gasteiger partial charge on any atom is 0.347 e.